The summed E-state index contributed by atoms with van der Waals surface area (Å²) < 4.78 is 38.2. The Kier molecular flexibility index (Phi) is 7.45. The van der Waals surface area contributed by atoms with Crippen molar-refractivity contribution in [1.82, 2.24) is 9.29 Å². The predicted molar refractivity (Wildman–Crippen MR) is 118 cm³/mol. The Hall–Kier alpha value is -3.43. The third-order valence-corrected chi connectivity index (χ3v) is 6.47. The lowest BCUT2D eigenvalue weighted by atomic mass is 10.1. The van der Waals surface area contributed by atoms with Gasteiger partial charge in [-0.25, -0.2) is 13.2 Å². The molecule has 1 aromatic heterocycles. The molecule has 168 valence electrons. The number of phenolic OH excluding ortho intramolecular Hbond substituents is 1. The molecule has 0 fully saturated rings. The van der Waals surface area contributed by atoms with Gasteiger partial charge in [0.1, 0.15) is 17.1 Å². The van der Waals surface area contributed by atoms with E-state index in [1.165, 1.54) is 35.7 Å². The van der Waals surface area contributed by atoms with Crippen molar-refractivity contribution in [3.8, 4) is 11.5 Å². The highest BCUT2D eigenvalue weighted by molar-refractivity contribution is 7.89. The third-order valence-electron chi connectivity index (χ3n) is 4.66. The molecule has 32 heavy (non-hydrogen) atoms. The van der Waals surface area contributed by atoms with Crippen LogP contribution in [-0.4, -0.2) is 42.5 Å². The van der Waals surface area contributed by atoms with E-state index in [9.17, 15) is 18.3 Å². The highest BCUT2D eigenvalue weighted by Crippen LogP contribution is 2.25. The summed E-state index contributed by atoms with van der Waals surface area (Å²) in [5, 5.41) is 10.2. The SMILES string of the molecule is CCOc1ccc(S(=O)(=O)N(Cc2ccc(C(=O)OC)c(O)c2)Cc2ccccn2)cc1. The molecule has 0 aliphatic heterocycles. The topological polar surface area (TPSA) is 106 Å². The van der Waals surface area contributed by atoms with Crippen LogP contribution in [0.3, 0.4) is 0 Å². The number of aromatic nitrogens is 1. The van der Waals surface area contributed by atoms with Crippen molar-refractivity contribution < 1.29 is 27.8 Å². The van der Waals surface area contributed by atoms with Crippen LogP contribution in [0.5, 0.6) is 11.5 Å². The molecule has 2 aromatic carbocycles. The van der Waals surface area contributed by atoms with Crippen LogP contribution >= 0.6 is 0 Å². The van der Waals surface area contributed by atoms with Gasteiger partial charge < -0.3 is 14.6 Å². The lowest BCUT2D eigenvalue weighted by molar-refractivity contribution is 0.0597. The molecule has 0 saturated carbocycles. The number of carbonyl (C=O) groups excluding carboxylic acids is 1. The van der Waals surface area contributed by atoms with E-state index in [0.717, 1.165) is 0 Å². The molecule has 3 aromatic rings. The van der Waals surface area contributed by atoms with E-state index in [4.69, 9.17) is 4.74 Å². The molecule has 9 heteroatoms. The fraction of sp³-hybridized carbons (Fsp3) is 0.217. The number of aromatic hydroxyl groups is 1. The second kappa shape index (κ2) is 10.3. The second-order valence-electron chi connectivity index (χ2n) is 6.84. The summed E-state index contributed by atoms with van der Waals surface area (Å²) in [6, 6.07) is 15.8. The minimum Gasteiger partial charge on any atom is -0.507 e. The fourth-order valence-electron chi connectivity index (χ4n) is 3.08. The molecule has 3 rings (SSSR count). The summed E-state index contributed by atoms with van der Waals surface area (Å²) >= 11 is 0. The highest BCUT2D eigenvalue weighted by Gasteiger charge is 2.26. The van der Waals surface area contributed by atoms with Crippen molar-refractivity contribution in [1.29, 1.82) is 0 Å². The van der Waals surface area contributed by atoms with Crippen LogP contribution in [0.15, 0.2) is 71.8 Å². The second-order valence-corrected chi connectivity index (χ2v) is 8.78. The lowest BCUT2D eigenvalue weighted by Crippen LogP contribution is -2.30. The number of pyridine rings is 1. The van der Waals surface area contributed by atoms with Crippen LogP contribution in [0.25, 0.3) is 0 Å². The number of nitrogens with zero attached hydrogens (tertiary/aromatic N) is 2. The van der Waals surface area contributed by atoms with Gasteiger partial charge in [-0.1, -0.05) is 12.1 Å². The first-order valence-electron chi connectivity index (χ1n) is 9.88. The van der Waals surface area contributed by atoms with Crippen LogP contribution in [0.1, 0.15) is 28.5 Å². The molecule has 1 heterocycles. The average Bonchev–Trinajstić information content (AvgIpc) is 2.79. The molecule has 0 spiro atoms. The number of carbonyl (C=O) groups is 1. The quantitative estimate of drug-likeness (QED) is 0.492. The lowest BCUT2D eigenvalue weighted by Gasteiger charge is -2.22. The van der Waals surface area contributed by atoms with Gasteiger partial charge in [-0.15, -0.1) is 0 Å². The first kappa shape index (κ1) is 23.2. The zero-order valence-corrected chi connectivity index (χ0v) is 18.6. The number of sulfonamides is 1. The summed E-state index contributed by atoms with van der Waals surface area (Å²) in [4.78, 5) is 16.1. The van der Waals surface area contributed by atoms with E-state index >= 15 is 0 Å². The zero-order valence-electron chi connectivity index (χ0n) is 17.8. The highest BCUT2D eigenvalue weighted by atomic mass is 32.2. The minimum atomic E-state index is -3.91. The maximum atomic E-state index is 13.4. The molecule has 0 unspecified atom stereocenters. The standard InChI is InChI=1S/C23H24N2O6S/c1-3-31-19-8-10-20(11-9-19)32(28,29)25(16-18-6-4-5-13-24-18)15-17-7-12-21(22(26)14-17)23(27)30-2/h4-14,26H,3,15-16H2,1-2H3. The number of benzene rings is 2. The van der Waals surface area contributed by atoms with Gasteiger partial charge in [-0.3, -0.25) is 4.98 Å². The Bertz CT molecular complexity index is 1160. The van der Waals surface area contributed by atoms with Gasteiger partial charge in [0.25, 0.3) is 0 Å². The Morgan fingerprint density at radius 3 is 2.41 bits per heavy atom. The maximum Gasteiger partial charge on any atom is 0.341 e. The maximum absolute atomic E-state index is 13.4. The zero-order chi connectivity index (χ0) is 23.1. The monoisotopic (exact) mass is 456 g/mol. The molecule has 0 bridgehead atoms. The number of hydrogen-bond acceptors (Lipinski definition) is 7. The first-order chi connectivity index (χ1) is 15.3. The third kappa shape index (κ3) is 5.43. The van der Waals surface area contributed by atoms with Crippen molar-refractivity contribution in [3.63, 3.8) is 0 Å². The van der Waals surface area contributed by atoms with E-state index in [0.29, 0.717) is 23.6 Å². The van der Waals surface area contributed by atoms with Crippen molar-refractivity contribution >= 4 is 16.0 Å². The Labute approximate surface area is 187 Å². The van der Waals surface area contributed by atoms with Crippen LogP contribution in [0, 0.1) is 0 Å². The molecule has 0 atom stereocenters. The molecule has 0 saturated heterocycles. The fourth-order valence-corrected chi connectivity index (χ4v) is 4.48. The van der Waals surface area contributed by atoms with Crippen LogP contribution in [0.4, 0.5) is 0 Å². The predicted octanol–water partition coefficient (Wildman–Crippen LogP) is 3.36. The van der Waals surface area contributed by atoms with Gasteiger partial charge in [0.15, 0.2) is 0 Å². The van der Waals surface area contributed by atoms with Crippen molar-refractivity contribution in [2.45, 2.75) is 24.9 Å². The summed E-state index contributed by atoms with van der Waals surface area (Å²) in [5.74, 6) is -0.391. The average molecular weight is 457 g/mol. The molecule has 0 radical (unpaired) electrons. The number of phenols is 1. The molecule has 1 N–H and O–H groups in total. The van der Waals surface area contributed by atoms with Crippen LogP contribution in [0.2, 0.25) is 0 Å². The van der Waals surface area contributed by atoms with E-state index in [1.807, 2.05) is 6.92 Å². The van der Waals surface area contributed by atoms with Crippen LogP contribution in [-0.2, 0) is 27.8 Å². The van der Waals surface area contributed by atoms with Crippen molar-refractivity contribution in [2.24, 2.45) is 0 Å². The molecule has 8 nitrogen and oxygen atoms in total. The van der Waals surface area contributed by atoms with Gasteiger partial charge in [-0.05, 0) is 61.0 Å². The van der Waals surface area contributed by atoms with Gasteiger partial charge in [0, 0.05) is 12.7 Å². The van der Waals surface area contributed by atoms with Gasteiger partial charge in [0.05, 0.1) is 30.9 Å². The van der Waals surface area contributed by atoms with Crippen molar-refractivity contribution in [2.75, 3.05) is 13.7 Å². The number of rotatable bonds is 9. The Balaban J connectivity index is 1.94. The number of ether oxygens (including phenoxy) is 2. The Morgan fingerprint density at radius 2 is 1.81 bits per heavy atom. The smallest absolute Gasteiger partial charge is 0.341 e. The molecule has 0 aliphatic carbocycles. The number of esters is 1. The van der Waals surface area contributed by atoms with Crippen LogP contribution < -0.4 is 4.74 Å². The minimum absolute atomic E-state index is 0.00176. The van der Waals surface area contributed by atoms with Crippen molar-refractivity contribution in [3.05, 3.63) is 83.7 Å². The molecular formula is C23H24N2O6S. The van der Waals surface area contributed by atoms with E-state index in [-0.39, 0.29) is 29.3 Å². The normalized spacial score (nSPS) is 11.3. The summed E-state index contributed by atoms with van der Waals surface area (Å²) in [7, 11) is -2.69. The first-order valence-corrected chi connectivity index (χ1v) is 11.3. The van der Waals surface area contributed by atoms with E-state index < -0.39 is 16.0 Å². The van der Waals surface area contributed by atoms with E-state index in [1.54, 1.807) is 42.6 Å². The molecular weight excluding hydrogens is 432 g/mol. The summed E-state index contributed by atoms with van der Waals surface area (Å²) in [6.07, 6.45) is 1.59. The molecule has 0 amide bonds. The summed E-state index contributed by atoms with van der Waals surface area (Å²) in [5.41, 5.74) is 1.07. The number of methoxy groups -OCH3 is 1. The van der Waals surface area contributed by atoms with Gasteiger partial charge in [0.2, 0.25) is 10.0 Å². The number of hydrogen-bond donors (Lipinski definition) is 1. The Morgan fingerprint density at radius 1 is 1.06 bits per heavy atom. The van der Waals surface area contributed by atoms with E-state index in [2.05, 4.69) is 9.72 Å². The largest absolute Gasteiger partial charge is 0.507 e. The van der Waals surface area contributed by atoms with Gasteiger partial charge >= 0.3 is 5.97 Å². The molecule has 0 aliphatic rings. The summed E-state index contributed by atoms with van der Waals surface area (Å²) in [6.45, 7) is 2.31. The van der Waals surface area contributed by atoms with Gasteiger partial charge in [-0.2, -0.15) is 4.31 Å².